The summed E-state index contributed by atoms with van der Waals surface area (Å²) in [6.07, 6.45) is 2.40. The molecule has 0 atom stereocenters. The van der Waals surface area contributed by atoms with Crippen LogP contribution in [0.4, 0.5) is 0 Å². The number of phenols is 1. The van der Waals surface area contributed by atoms with Crippen molar-refractivity contribution in [1.82, 2.24) is 14.5 Å². The first kappa shape index (κ1) is 29.4. The van der Waals surface area contributed by atoms with Crippen LogP contribution < -0.4 is 0 Å². The predicted molar refractivity (Wildman–Crippen MR) is 277 cm³/mol. The Balaban J connectivity index is 0.00000940. The van der Waals surface area contributed by atoms with Crippen LogP contribution >= 0.6 is 0 Å². The largest absolute Gasteiger partial charge is 0.507 e. The fraction of sp³-hybridized carbons (Fsp3) is 0.226. The minimum atomic E-state index is -4.15. The molecule has 2 aromatic heterocycles. The normalized spacial score (nSPS) is 17.1. The van der Waals surface area contributed by atoms with Crippen LogP contribution in [0.3, 0.4) is 0 Å². The summed E-state index contributed by atoms with van der Waals surface area (Å²) in [6, 6.07) is 49.8. The Bertz CT molecular complexity index is 3840. The molecule has 0 radical (unpaired) electrons. The minimum Gasteiger partial charge on any atom is -0.507 e. The van der Waals surface area contributed by atoms with Crippen LogP contribution in [0.2, 0.25) is 0 Å². The molecule has 0 aliphatic carbocycles. The molecule has 0 saturated heterocycles. The number of benzene rings is 7. The number of nitrogens with zero attached hydrogens (tertiary/aromatic N) is 3. The summed E-state index contributed by atoms with van der Waals surface area (Å²) < 4.78 is 160. The number of para-hydroxylation sites is 1. The van der Waals surface area contributed by atoms with E-state index in [1.54, 1.807) is 30.5 Å². The molecular weight excluding hydrogens is 998 g/mol. The van der Waals surface area contributed by atoms with Gasteiger partial charge < -0.3 is 5.11 Å². The van der Waals surface area contributed by atoms with Gasteiger partial charge in [0.15, 0.2) is 0 Å². The molecule has 2 heterocycles. The maximum Gasteiger partial charge on any atom is 0.148 e. The standard InChI is InChI=1S/C62H60N3O.Pt/c1-11-62(9,10)48-29-30-55(51(37-48)43-21-16-13-17-22-43)65-56-24-18-23-50(57(56)64-59(65)52-38-49(60(3,4)5)39-53(58(52)66)61(6,7)8)46-33-45(41-19-14-12-15-20-41)34-47(35-46)54-36-44(31-32-63-54)42-27-25-40(2)26-28-42;/h12-34,36-39,66H,11H2,1-10H3;/q-1;/i3D3,4D3,5D3,6D3,7D3,8D3;. The van der Waals surface area contributed by atoms with Crippen molar-refractivity contribution in [3.63, 3.8) is 0 Å². The van der Waals surface area contributed by atoms with E-state index >= 15 is 0 Å². The molecule has 1 N–H and O–H groups in total. The fourth-order valence-corrected chi connectivity index (χ4v) is 8.41. The zero-order chi connectivity index (χ0) is 61.5. The van der Waals surface area contributed by atoms with E-state index in [4.69, 9.17) is 34.6 Å². The second-order valence-corrected chi connectivity index (χ2v) is 17.6. The van der Waals surface area contributed by atoms with Gasteiger partial charge in [-0.3, -0.25) is 9.55 Å². The van der Waals surface area contributed by atoms with Crippen LogP contribution in [0.5, 0.6) is 5.75 Å². The molecule has 0 unspecified atom stereocenters. The zero-order valence-corrected chi connectivity index (χ0v) is 39.7. The molecule has 67 heavy (non-hydrogen) atoms. The number of rotatable bonds is 9. The average molecular weight is 1080 g/mol. The maximum absolute atomic E-state index is 13.1. The topological polar surface area (TPSA) is 50.9 Å². The number of imidazole rings is 1. The van der Waals surface area contributed by atoms with Gasteiger partial charge in [0.05, 0.1) is 22.3 Å². The van der Waals surface area contributed by atoms with Gasteiger partial charge in [-0.25, -0.2) is 4.98 Å². The average Bonchev–Trinajstić information content (AvgIpc) is 1.09. The van der Waals surface area contributed by atoms with Gasteiger partial charge in [0.2, 0.25) is 0 Å². The Morgan fingerprint density at radius 3 is 1.94 bits per heavy atom. The van der Waals surface area contributed by atoms with Crippen molar-refractivity contribution in [2.24, 2.45) is 0 Å². The third-order valence-corrected chi connectivity index (χ3v) is 12.5. The summed E-state index contributed by atoms with van der Waals surface area (Å²) >= 11 is 0. The summed E-state index contributed by atoms with van der Waals surface area (Å²) in [5.74, 6) is -1.78. The Hall–Kier alpha value is -6.35. The monoisotopic (exact) mass is 1080 g/mol. The summed E-state index contributed by atoms with van der Waals surface area (Å²) in [6.45, 7) is -16.4. The van der Waals surface area contributed by atoms with Crippen molar-refractivity contribution in [2.75, 3.05) is 0 Å². The minimum absolute atomic E-state index is 0. The molecule has 9 rings (SSSR count). The van der Waals surface area contributed by atoms with E-state index < -0.39 is 85.6 Å². The van der Waals surface area contributed by atoms with Crippen LogP contribution in [-0.2, 0) is 37.3 Å². The Labute approximate surface area is 437 Å². The fourth-order valence-electron chi connectivity index (χ4n) is 8.41. The zero-order valence-electron chi connectivity index (χ0n) is 55.4. The molecule has 5 heteroatoms. The van der Waals surface area contributed by atoms with E-state index in [9.17, 15) is 5.11 Å². The smallest absolute Gasteiger partial charge is 0.148 e. The van der Waals surface area contributed by atoms with Crippen molar-refractivity contribution in [3.8, 4) is 78.6 Å². The maximum atomic E-state index is 13.1. The molecule has 0 aliphatic heterocycles. The number of hydrogen-bond donors (Lipinski definition) is 1. The van der Waals surface area contributed by atoms with Gasteiger partial charge in [-0.2, -0.15) is 0 Å². The van der Waals surface area contributed by atoms with Crippen molar-refractivity contribution < 1.29 is 50.8 Å². The first-order chi connectivity index (χ1) is 39.0. The number of aromatic nitrogens is 3. The first-order valence-electron chi connectivity index (χ1n) is 30.8. The van der Waals surface area contributed by atoms with Crippen molar-refractivity contribution in [3.05, 3.63) is 192 Å². The second kappa shape index (κ2) is 18.4. The molecule has 9 aromatic rings. The molecule has 0 aliphatic rings. The Morgan fingerprint density at radius 2 is 1.25 bits per heavy atom. The number of aromatic hydroxyl groups is 1. The Kier molecular flexibility index (Phi) is 8.07. The molecule has 0 amide bonds. The van der Waals surface area contributed by atoms with Gasteiger partial charge >= 0.3 is 0 Å². The number of pyridine rings is 1. The second-order valence-electron chi connectivity index (χ2n) is 17.6. The van der Waals surface area contributed by atoms with E-state index in [-0.39, 0.29) is 32.1 Å². The van der Waals surface area contributed by atoms with Crippen LogP contribution in [0.15, 0.2) is 164 Å². The molecule has 0 bridgehead atoms. The summed E-state index contributed by atoms with van der Waals surface area (Å²) in [5.41, 5.74) is -2.78. The van der Waals surface area contributed by atoms with Gasteiger partial charge in [0, 0.05) is 68.8 Å². The third kappa shape index (κ3) is 9.34. The summed E-state index contributed by atoms with van der Waals surface area (Å²) in [4.78, 5) is 10.0. The van der Waals surface area contributed by atoms with Crippen LogP contribution in [-0.4, -0.2) is 19.6 Å². The van der Waals surface area contributed by atoms with E-state index in [2.05, 4.69) is 19.9 Å². The number of aryl methyl sites for hydroxylation is 1. The summed E-state index contributed by atoms with van der Waals surface area (Å²) in [7, 11) is 0. The number of fused-ring (bicyclic) bond motifs is 1. The molecule has 0 spiro atoms. The van der Waals surface area contributed by atoms with Gasteiger partial charge in [-0.15, -0.1) is 23.8 Å². The van der Waals surface area contributed by atoms with Crippen LogP contribution in [0.1, 0.15) is 115 Å². The van der Waals surface area contributed by atoms with Crippen molar-refractivity contribution >= 4 is 11.0 Å². The van der Waals surface area contributed by atoms with Gasteiger partial charge in [0.1, 0.15) is 11.6 Å². The van der Waals surface area contributed by atoms with Gasteiger partial charge in [-0.05, 0) is 93.3 Å². The molecule has 0 fully saturated rings. The van der Waals surface area contributed by atoms with Crippen LogP contribution in [0.25, 0.3) is 83.9 Å². The van der Waals surface area contributed by atoms with Crippen molar-refractivity contribution in [1.29, 1.82) is 0 Å². The van der Waals surface area contributed by atoms with E-state index in [1.165, 1.54) is 4.57 Å². The van der Waals surface area contributed by atoms with E-state index in [0.29, 0.717) is 51.7 Å². The summed E-state index contributed by atoms with van der Waals surface area (Å²) in [5, 5.41) is 13.1. The molecular formula is C62H60N3OPt-. The van der Waals surface area contributed by atoms with E-state index in [0.717, 1.165) is 39.4 Å². The van der Waals surface area contributed by atoms with Crippen LogP contribution in [0, 0.1) is 13.0 Å². The van der Waals surface area contributed by atoms with E-state index in [1.807, 2.05) is 135 Å². The quantitative estimate of drug-likeness (QED) is 0.147. The first-order valence-corrected chi connectivity index (χ1v) is 21.8. The molecule has 4 nitrogen and oxygen atoms in total. The van der Waals surface area contributed by atoms with Gasteiger partial charge in [-0.1, -0.05) is 199 Å². The van der Waals surface area contributed by atoms with Gasteiger partial charge in [0.25, 0.3) is 0 Å². The predicted octanol–water partition coefficient (Wildman–Crippen LogP) is 16.5. The molecule has 7 aromatic carbocycles. The molecule has 340 valence electrons. The SMILES string of the molecule is [2H]C([2H])([2H])C(c1cc(-c2nc3c(-c4[c-]c(-c5cc(-c6ccc(C)cc6)ccn5)cc(-c5ccccc5)c4)cccc3n2-c2ccc(C(C)(C)CC)cc2-c2ccccc2)c(O)c(C(C([2H])([2H])[2H])(C([2H])([2H])[2H])C([2H])([2H])[2H])c1)(C([2H])([2H])[2H])C([2H])([2H])[2H].[Pt]. The molecule has 0 saturated carbocycles. The third-order valence-electron chi connectivity index (χ3n) is 12.5. The Morgan fingerprint density at radius 1 is 0.597 bits per heavy atom. The van der Waals surface area contributed by atoms with Crippen molar-refractivity contribution in [2.45, 2.75) is 91.5 Å². The number of hydrogen-bond acceptors (Lipinski definition) is 3. The number of phenolic OH excluding ortho intramolecular Hbond substituents is 1.